The standard InChI is InChI=1S/C22H23N5O4S2/c1-3-8-27-20(29)16(33-22(27)32)14-15-18(23-17-7-5-6-9-26(17)19(15)28)24-10-12-25(13-11-24)21(30)31-4-2/h3,5-7,9,14H,1,4,8,10-13H2,2H3. The van der Waals surface area contributed by atoms with Gasteiger partial charge in [-0.3, -0.25) is 18.9 Å². The number of thiocarbonyl (C=S) groups is 1. The van der Waals surface area contributed by atoms with Gasteiger partial charge in [-0.2, -0.15) is 0 Å². The van der Waals surface area contributed by atoms with Crippen LogP contribution in [0.3, 0.4) is 0 Å². The van der Waals surface area contributed by atoms with E-state index in [4.69, 9.17) is 21.9 Å². The van der Waals surface area contributed by atoms with Crippen LogP contribution in [0.4, 0.5) is 10.6 Å². The van der Waals surface area contributed by atoms with Crippen LogP contribution in [-0.4, -0.2) is 74.8 Å². The Morgan fingerprint density at radius 2 is 2.03 bits per heavy atom. The van der Waals surface area contributed by atoms with Crippen LogP contribution in [0.5, 0.6) is 0 Å². The number of fused-ring (bicyclic) bond motifs is 1. The molecule has 0 saturated carbocycles. The third-order valence-corrected chi connectivity index (χ3v) is 6.69. The van der Waals surface area contributed by atoms with Gasteiger partial charge >= 0.3 is 6.09 Å². The van der Waals surface area contributed by atoms with E-state index in [9.17, 15) is 14.4 Å². The summed E-state index contributed by atoms with van der Waals surface area (Å²) in [5.74, 6) is 0.212. The summed E-state index contributed by atoms with van der Waals surface area (Å²) >= 11 is 6.48. The highest BCUT2D eigenvalue weighted by Crippen LogP contribution is 2.33. The van der Waals surface area contributed by atoms with E-state index >= 15 is 0 Å². The first-order valence-corrected chi connectivity index (χ1v) is 11.7. The summed E-state index contributed by atoms with van der Waals surface area (Å²) in [5.41, 5.74) is 0.529. The van der Waals surface area contributed by atoms with Gasteiger partial charge in [-0.15, -0.1) is 6.58 Å². The second kappa shape index (κ2) is 9.75. The lowest BCUT2D eigenvalue weighted by molar-refractivity contribution is -0.121. The average Bonchev–Trinajstić information content (AvgIpc) is 3.09. The van der Waals surface area contributed by atoms with Crippen molar-refractivity contribution in [3.63, 3.8) is 0 Å². The molecule has 2 aromatic heterocycles. The monoisotopic (exact) mass is 485 g/mol. The molecule has 172 valence electrons. The van der Waals surface area contributed by atoms with Gasteiger partial charge < -0.3 is 14.5 Å². The molecule has 11 heteroatoms. The number of ether oxygens (including phenoxy) is 1. The van der Waals surface area contributed by atoms with Gasteiger partial charge in [0.15, 0.2) is 0 Å². The second-order valence-corrected chi connectivity index (χ2v) is 9.01. The summed E-state index contributed by atoms with van der Waals surface area (Å²) < 4.78 is 6.96. The number of hydrogen-bond acceptors (Lipinski definition) is 8. The van der Waals surface area contributed by atoms with Gasteiger partial charge in [-0.1, -0.05) is 36.1 Å². The Morgan fingerprint density at radius 3 is 2.73 bits per heavy atom. The maximum Gasteiger partial charge on any atom is 0.409 e. The molecule has 0 aliphatic carbocycles. The van der Waals surface area contributed by atoms with E-state index in [1.807, 2.05) is 11.0 Å². The number of pyridine rings is 1. The fourth-order valence-corrected chi connectivity index (χ4v) is 4.95. The normalized spacial score (nSPS) is 17.8. The molecule has 4 heterocycles. The van der Waals surface area contributed by atoms with Crippen molar-refractivity contribution in [2.75, 3.05) is 44.2 Å². The average molecular weight is 486 g/mol. The number of carbonyl (C=O) groups excluding carboxylic acids is 2. The van der Waals surface area contributed by atoms with Crippen LogP contribution >= 0.6 is 24.0 Å². The van der Waals surface area contributed by atoms with Crippen molar-refractivity contribution < 1.29 is 14.3 Å². The molecule has 2 fully saturated rings. The minimum atomic E-state index is -0.352. The third-order valence-electron chi connectivity index (χ3n) is 5.31. The highest BCUT2D eigenvalue weighted by molar-refractivity contribution is 8.26. The van der Waals surface area contributed by atoms with E-state index in [1.165, 1.54) is 9.30 Å². The van der Waals surface area contributed by atoms with Crippen LogP contribution < -0.4 is 10.5 Å². The predicted molar refractivity (Wildman–Crippen MR) is 132 cm³/mol. The fourth-order valence-electron chi connectivity index (χ4n) is 3.69. The van der Waals surface area contributed by atoms with Gasteiger partial charge in [0, 0.05) is 38.9 Å². The molecular weight excluding hydrogens is 462 g/mol. The number of nitrogens with zero attached hydrogens (tertiary/aromatic N) is 5. The Morgan fingerprint density at radius 1 is 1.27 bits per heavy atom. The summed E-state index contributed by atoms with van der Waals surface area (Å²) in [6, 6.07) is 5.32. The number of piperazine rings is 1. The number of aromatic nitrogens is 2. The van der Waals surface area contributed by atoms with Crippen molar-refractivity contribution in [2.45, 2.75) is 6.92 Å². The third kappa shape index (κ3) is 4.51. The number of anilines is 1. The quantitative estimate of drug-likeness (QED) is 0.362. The minimum Gasteiger partial charge on any atom is -0.450 e. The first kappa shape index (κ1) is 23.0. The van der Waals surface area contributed by atoms with Crippen molar-refractivity contribution in [3.05, 3.63) is 57.9 Å². The molecule has 0 atom stereocenters. The molecule has 4 rings (SSSR count). The van der Waals surface area contributed by atoms with Crippen LogP contribution in [0, 0.1) is 0 Å². The van der Waals surface area contributed by atoms with Crippen LogP contribution in [0.1, 0.15) is 12.5 Å². The zero-order valence-electron chi connectivity index (χ0n) is 18.1. The maximum absolute atomic E-state index is 13.4. The van der Waals surface area contributed by atoms with Gasteiger partial charge in [0.25, 0.3) is 11.5 Å². The zero-order valence-corrected chi connectivity index (χ0v) is 19.7. The predicted octanol–water partition coefficient (Wildman–Crippen LogP) is 2.36. The first-order chi connectivity index (χ1) is 15.9. The Balaban J connectivity index is 1.73. The number of hydrogen-bond donors (Lipinski definition) is 0. The second-order valence-electron chi connectivity index (χ2n) is 7.34. The lowest BCUT2D eigenvalue weighted by Crippen LogP contribution is -2.49. The molecule has 0 bridgehead atoms. The lowest BCUT2D eigenvalue weighted by Gasteiger charge is -2.35. The molecular formula is C22H23N5O4S2. The van der Waals surface area contributed by atoms with Crippen molar-refractivity contribution >= 4 is 57.8 Å². The topological polar surface area (TPSA) is 87.5 Å². The molecule has 0 radical (unpaired) electrons. The van der Waals surface area contributed by atoms with E-state index in [0.717, 1.165) is 11.8 Å². The Kier molecular flexibility index (Phi) is 6.80. The summed E-state index contributed by atoms with van der Waals surface area (Å²) in [4.78, 5) is 48.5. The number of thioether (sulfide) groups is 1. The number of carbonyl (C=O) groups is 2. The first-order valence-electron chi connectivity index (χ1n) is 10.5. The molecule has 0 aromatic carbocycles. The van der Waals surface area contributed by atoms with Crippen LogP contribution in [-0.2, 0) is 9.53 Å². The molecule has 0 N–H and O–H groups in total. The molecule has 2 aliphatic heterocycles. The molecule has 2 aromatic rings. The van der Waals surface area contributed by atoms with E-state index < -0.39 is 0 Å². The Labute approximate surface area is 200 Å². The van der Waals surface area contributed by atoms with Gasteiger partial charge in [0.1, 0.15) is 15.8 Å². The van der Waals surface area contributed by atoms with Crippen molar-refractivity contribution in [2.24, 2.45) is 0 Å². The number of amides is 2. The van der Waals surface area contributed by atoms with Crippen LogP contribution in [0.25, 0.3) is 11.7 Å². The van der Waals surface area contributed by atoms with E-state index in [0.29, 0.717) is 65.6 Å². The molecule has 33 heavy (non-hydrogen) atoms. The highest BCUT2D eigenvalue weighted by Gasteiger charge is 2.32. The smallest absolute Gasteiger partial charge is 0.409 e. The molecule has 2 aliphatic rings. The summed E-state index contributed by atoms with van der Waals surface area (Å²) in [7, 11) is 0. The largest absolute Gasteiger partial charge is 0.450 e. The van der Waals surface area contributed by atoms with Crippen molar-refractivity contribution in [1.82, 2.24) is 19.2 Å². The number of rotatable bonds is 5. The Bertz CT molecular complexity index is 1220. The van der Waals surface area contributed by atoms with E-state index in [2.05, 4.69) is 6.58 Å². The van der Waals surface area contributed by atoms with Crippen LogP contribution in [0.2, 0.25) is 0 Å². The molecule has 2 amide bonds. The van der Waals surface area contributed by atoms with Crippen molar-refractivity contribution in [3.8, 4) is 0 Å². The molecule has 0 unspecified atom stereocenters. The minimum absolute atomic E-state index is 0.263. The Hall–Kier alpha value is -3.18. The highest BCUT2D eigenvalue weighted by atomic mass is 32.2. The van der Waals surface area contributed by atoms with Gasteiger partial charge in [0.05, 0.1) is 17.1 Å². The van der Waals surface area contributed by atoms with Crippen molar-refractivity contribution in [1.29, 1.82) is 0 Å². The fraction of sp³-hybridized carbons (Fsp3) is 0.318. The molecule has 0 spiro atoms. The summed E-state index contributed by atoms with van der Waals surface area (Å²) in [6.07, 6.45) is 4.47. The van der Waals surface area contributed by atoms with Crippen LogP contribution in [0.15, 0.2) is 46.8 Å². The van der Waals surface area contributed by atoms with Gasteiger partial charge in [-0.05, 0) is 25.1 Å². The summed E-state index contributed by atoms with van der Waals surface area (Å²) in [5, 5.41) is 0. The maximum atomic E-state index is 13.4. The summed E-state index contributed by atoms with van der Waals surface area (Å²) in [6.45, 7) is 7.89. The lowest BCUT2D eigenvalue weighted by atomic mass is 10.2. The van der Waals surface area contributed by atoms with E-state index in [-0.39, 0.29) is 17.6 Å². The van der Waals surface area contributed by atoms with Gasteiger partial charge in [-0.25, -0.2) is 9.78 Å². The van der Waals surface area contributed by atoms with Gasteiger partial charge in [0.2, 0.25) is 0 Å². The van der Waals surface area contributed by atoms with E-state index in [1.54, 1.807) is 42.3 Å². The molecule has 2 saturated heterocycles. The SMILES string of the molecule is C=CCN1C(=O)C(=Cc2c(N3CCN(C(=O)OCC)CC3)nc3ccccn3c2=O)SC1=S. The molecule has 9 nitrogen and oxygen atoms in total. The zero-order chi connectivity index (χ0) is 23.5.